The molecule has 0 saturated heterocycles. The molecule has 0 aromatic carbocycles. The molecule has 3 fully saturated rings. The van der Waals surface area contributed by atoms with Crippen molar-refractivity contribution in [3.63, 3.8) is 0 Å². The van der Waals surface area contributed by atoms with Crippen LogP contribution in [0.5, 0.6) is 0 Å². The Morgan fingerprint density at radius 3 is 2.62 bits per heavy atom. The average molecular weight is 324 g/mol. The molecule has 0 amide bonds. The van der Waals surface area contributed by atoms with Crippen LogP contribution in [-0.2, 0) is 9.59 Å². The van der Waals surface area contributed by atoms with Crippen molar-refractivity contribution < 1.29 is 9.59 Å². The van der Waals surface area contributed by atoms with Gasteiger partial charge in [-0.05, 0) is 92.3 Å². The molecule has 5 aliphatic carbocycles. The molecule has 0 bridgehead atoms. The smallest absolute Gasteiger partial charge is 0.156 e. The highest BCUT2D eigenvalue weighted by Crippen LogP contribution is 2.69. The molecule has 2 nitrogen and oxygen atoms in total. The number of allylic oxidation sites excluding steroid dienone is 4. The van der Waals surface area contributed by atoms with Crippen molar-refractivity contribution in [3.05, 3.63) is 22.8 Å². The number of fused-ring (bicyclic) bond motifs is 5. The summed E-state index contributed by atoms with van der Waals surface area (Å²) in [5.41, 5.74) is 4.84. The molecule has 5 aliphatic rings. The summed E-state index contributed by atoms with van der Waals surface area (Å²) in [6, 6.07) is 0. The first-order valence-electron chi connectivity index (χ1n) is 10.0. The fourth-order valence-corrected chi connectivity index (χ4v) is 7.46. The molecule has 0 heterocycles. The third kappa shape index (κ3) is 1.73. The van der Waals surface area contributed by atoms with Crippen LogP contribution < -0.4 is 0 Å². The number of carbonyl (C=O) groups excluding carboxylic acids is 2. The molecule has 4 atom stereocenters. The number of Topliss-reactive ketones (excluding diaryl/α,β-unsaturated/α-hetero) is 1. The Kier molecular flexibility index (Phi) is 3.10. The van der Waals surface area contributed by atoms with E-state index < -0.39 is 0 Å². The van der Waals surface area contributed by atoms with Crippen molar-refractivity contribution in [1.29, 1.82) is 0 Å². The van der Waals surface area contributed by atoms with Crippen molar-refractivity contribution in [2.24, 2.45) is 22.7 Å². The van der Waals surface area contributed by atoms with Crippen LogP contribution >= 0.6 is 0 Å². The van der Waals surface area contributed by atoms with E-state index in [1.165, 1.54) is 31.3 Å². The van der Waals surface area contributed by atoms with Gasteiger partial charge in [0.1, 0.15) is 5.78 Å². The number of hydrogen-bond donors (Lipinski definition) is 0. The maximum absolute atomic E-state index is 12.8. The third-order valence-electron chi connectivity index (χ3n) is 8.64. The van der Waals surface area contributed by atoms with Crippen LogP contribution in [0.25, 0.3) is 0 Å². The summed E-state index contributed by atoms with van der Waals surface area (Å²) in [6.07, 6.45) is 13.8. The Bertz CT molecular complexity index is 697. The highest BCUT2D eigenvalue weighted by Gasteiger charge is 2.64. The highest BCUT2D eigenvalue weighted by molar-refractivity contribution is 5.93. The number of hydrogen-bond acceptors (Lipinski definition) is 2. The second-order valence-corrected chi connectivity index (χ2v) is 9.21. The van der Waals surface area contributed by atoms with E-state index in [1.54, 1.807) is 11.1 Å². The molecule has 0 aromatic heterocycles. The molecular weight excluding hydrogens is 296 g/mol. The van der Waals surface area contributed by atoms with Gasteiger partial charge in [-0.25, -0.2) is 0 Å². The summed E-state index contributed by atoms with van der Waals surface area (Å²) in [7, 11) is 0. The van der Waals surface area contributed by atoms with Gasteiger partial charge in [0, 0.05) is 18.3 Å². The second-order valence-electron chi connectivity index (χ2n) is 9.21. The summed E-state index contributed by atoms with van der Waals surface area (Å²) in [6.45, 7) is 2.46. The summed E-state index contributed by atoms with van der Waals surface area (Å²) in [4.78, 5) is 24.6. The Hall–Kier alpha value is -1.18. The molecule has 0 radical (unpaired) electrons. The first kappa shape index (κ1) is 15.1. The van der Waals surface area contributed by atoms with E-state index in [0.717, 1.165) is 38.5 Å². The van der Waals surface area contributed by atoms with E-state index in [-0.39, 0.29) is 10.8 Å². The summed E-state index contributed by atoms with van der Waals surface area (Å²) < 4.78 is 0. The lowest BCUT2D eigenvalue weighted by atomic mass is 9.51. The van der Waals surface area contributed by atoms with E-state index in [2.05, 4.69) is 6.92 Å². The van der Waals surface area contributed by atoms with E-state index in [4.69, 9.17) is 0 Å². The highest BCUT2D eigenvalue weighted by atomic mass is 16.1. The molecular formula is C22H28O2. The molecule has 2 heteroatoms. The number of carbonyl (C=O) groups is 2. The lowest BCUT2D eigenvalue weighted by molar-refractivity contribution is -0.134. The normalized spacial score (nSPS) is 44.5. The van der Waals surface area contributed by atoms with Gasteiger partial charge in [0.05, 0.1) is 0 Å². The SMILES string of the molecule is CC12CCC3=C4CCC(=O)C=C4CCC3C1CCC21CCCC1=O. The van der Waals surface area contributed by atoms with Crippen molar-refractivity contribution in [2.45, 2.75) is 77.6 Å². The second kappa shape index (κ2) is 4.93. The topological polar surface area (TPSA) is 34.1 Å². The number of rotatable bonds is 0. The van der Waals surface area contributed by atoms with E-state index in [9.17, 15) is 9.59 Å². The molecule has 5 rings (SSSR count). The van der Waals surface area contributed by atoms with Gasteiger partial charge in [0.25, 0.3) is 0 Å². The molecule has 1 spiro atoms. The van der Waals surface area contributed by atoms with Gasteiger partial charge in [-0.2, -0.15) is 0 Å². The first-order valence-corrected chi connectivity index (χ1v) is 10.0. The molecule has 128 valence electrons. The van der Waals surface area contributed by atoms with Crippen molar-refractivity contribution in [2.75, 3.05) is 0 Å². The summed E-state index contributed by atoms with van der Waals surface area (Å²) in [5, 5.41) is 0. The fourth-order valence-electron chi connectivity index (χ4n) is 7.46. The Balaban J connectivity index is 1.55. The number of ketones is 2. The van der Waals surface area contributed by atoms with Crippen molar-refractivity contribution >= 4 is 11.6 Å². The zero-order valence-electron chi connectivity index (χ0n) is 14.8. The zero-order valence-corrected chi connectivity index (χ0v) is 14.8. The first-order chi connectivity index (χ1) is 11.6. The van der Waals surface area contributed by atoms with Gasteiger partial charge in [-0.3, -0.25) is 9.59 Å². The van der Waals surface area contributed by atoms with Crippen molar-refractivity contribution in [3.8, 4) is 0 Å². The fraction of sp³-hybridized carbons (Fsp3) is 0.727. The van der Waals surface area contributed by atoms with Gasteiger partial charge in [0.15, 0.2) is 5.78 Å². The monoisotopic (exact) mass is 324 g/mol. The van der Waals surface area contributed by atoms with Gasteiger partial charge in [0.2, 0.25) is 0 Å². The Labute approximate surface area is 144 Å². The van der Waals surface area contributed by atoms with Crippen LogP contribution in [0.4, 0.5) is 0 Å². The van der Waals surface area contributed by atoms with Crippen LogP contribution in [0, 0.1) is 22.7 Å². The van der Waals surface area contributed by atoms with Gasteiger partial charge in [-0.1, -0.05) is 12.5 Å². The predicted octanol–water partition coefficient (Wildman–Crippen LogP) is 4.93. The van der Waals surface area contributed by atoms with Crippen molar-refractivity contribution in [1.82, 2.24) is 0 Å². The maximum atomic E-state index is 12.8. The van der Waals surface area contributed by atoms with Gasteiger partial charge in [-0.15, -0.1) is 0 Å². The summed E-state index contributed by atoms with van der Waals surface area (Å²) >= 11 is 0. The zero-order chi connectivity index (χ0) is 16.5. The van der Waals surface area contributed by atoms with Gasteiger partial charge < -0.3 is 0 Å². The molecule has 0 aliphatic heterocycles. The maximum Gasteiger partial charge on any atom is 0.156 e. The molecule has 0 aromatic rings. The predicted molar refractivity (Wildman–Crippen MR) is 93.4 cm³/mol. The van der Waals surface area contributed by atoms with E-state index >= 15 is 0 Å². The largest absolute Gasteiger partial charge is 0.299 e. The molecule has 3 saturated carbocycles. The minimum absolute atomic E-state index is 0.0203. The minimum atomic E-state index is 0.0203. The van der Waals surface area contributed by atoms with Crippen LogP contribution in [0.3, 0.4) is 0 Å². The lowest BCUT2D eigenvalue weighted by Gasteiger charge is -2.52. The molecule has 24 heavy (non-hydrogen) atoms. The van der Waals surface area contributed by atoms with E-state index in [1.807, 2.05) is 6.08 Å². The van der Waals surface area contributed by atoms with E-state index in [0.29, 0.717) is 29.8 Å². The van der Waals surface area contributed by atoms with Crippen LogP contribution in [0.15, 0.2) is 22.8 Å². The lowest BCUT2D eigenvalue weighted by Crippen LogP contribution is -2.47. The quantitative estimate of drug-likeness (QED) is 0.633. The Morgan fingerprint density at radius 2 is 1.83 bits per heavy atom. The Morgan fingerprint density at radius 1 is 0.958 bits per heavy atom. The van der Waals surface area contributed by atoms with Gasteiger partial charge >= 0.3 is 0 Å². The standard InChI is InChI=1S/C22H28O2/c1-21-11-8-17-16-7-5-15(23)13-14(16)4-6-18(17)19(21)9-12-22(21)10-2-3-20(22)24/h13,18-19H,2-12H2,1H3. The third-order valence-corrected chi connectivity index (χ3v) is 8.64. The van der Waals surface area contributed by atoms with Crippen LogP contribution in [0.1, 0.15) is 77.6 Å². The minimum Gasteiger partial charge on any atom is -0.299 e. The average Bonchev–Trinajstić information content (AvgIpc) is 3.09. The van der Waals surface area contributed by atoms with Crippen LogP contribution in [0.2, 0.25) is 0 Å². The molecule has 0 N–H and O–H groups in total. The molecule has 4 unspecified atom stereocenters. The summed E-state index contributed by atoms with van der Waals surface area (Å²) in [5.74, 6) is 2.31. The van der Waals surface area contributed by atoms with Crippen LogP contribution in [-0.4, -0.2) is 11.6 Å².